The molecule has 0 amide bonds. The van der Waals surface area contributed by atoms with Crippen LogP contribution in [0, 0.1) is 5.82 Å². The molecule has 2 nitrogen and oxygen atoms in total. The Hall–Kier alpha value is -2.42. The average Bonchev–Trinajstić information content (AvgIpc) is 2.45. The van der Waals surface area contributed by atoms with Gasteiger partial charge in [0.25, 0.3) is 0 Å². The molecule has 2 rings (SSSR count). The summed E-state index contributed by atoms with van der Waals surface area (Å²) in [5.74, 6) is -1.04. The maximum absolute atomic E-state index is 13.5. The summed E-state index contributed by atoms with van der Waals surface area (Å²) < 4.78 is 18.7. The van der Waals surface area contributed by atoms with Gasteiger partial charge in [0.15, 0.2) is 0 Å². The highest BCUT2D eigenvalue weighted by molar-refractivity contribution is 5.93. The topological polar surface area (TPSA) is 26.3 Å². The number of benzene rings is 2. The molecule has 0 radical (unpaired) electrons. The quantitative estimate of drug-likeness (QED) is 0.777. The molecule has 0 aliphatic rings. The Balaban J connectivity index is 2.13. The Morgan fingerprint density at radius 3 is 2.58 bits per heavy atom. The zero-order chi connectivity index (χ0) is 13.7. The van der Waals surface area contributed by atoms with E-state index < -0.39 is 11.8 Å². The highest BCUT2D eigenvalue weighted by atomic mass is 19.1. The van der Waals surface area contributed by atoms with Crippen LogP contribution in [0.15, 0.2) is 55.1 Å². The smallest absolute Gasteiger partial charge is 0.339 e. The van der Waals surface area contributed by atoms with Crippen molar-refractivity contribution in [2.75, 3.05) is 0 Å². The molecule has 0 saturated carbocycles. The summed E-state index contributed by atoms with van der Waals surface area (Å²) >= 11 is 0. The van der Waals surface area contributed by atoms with E-state index in [0.29, 0.717) is 0 Å². The first kappa shape index (κ1) is 13.0. The lowest BCUT2D eigenvalue weighted by Crippen LogP contribution is -2.08. The van der Waals surface area contributed by atoms with Crippen molar-refractivity contribution in [3.05, 3.63) is 77.6 Å². The fraction of sp³-hybridized carbons (Fsp3) is 0.0625. The SMILES string of the molecule is C=Cc1c(F)cccc1C(=O)OCc1ccccc1. The Morgan fingerprint density at radius 1 is 1.16 bits per heavy atom. The van der Waals surface area contributed by atoms with Crippen molar-refractivity contribution in [3.8, 4) is 0 Å². The Morgan fingerprint density at radius 2 is 1.89 bits per heavy atom. The molecular formula is C16H13FO2. The number of halogens is 1. The average molecular weight is 256 g/mol. The standard InChI is InChI=1S/C16H13FO2/c1-2-13-14(9-6-10-15(13)17)16(18)19-11-12-7-4-3-5-8-12/h2-10H,1,11H2. The minimum Gasteiger partial charge on any atom is -0.457 e. The second-order valence-electron chi connectivity index (χ2n) is 3.97. The zero-order valence-electron chi connectivity index (χ0n) is 10.3. The third kappa shape index (κ3) is 3.07. The summed E-state index contributed by atoms with van der Waals surface area (Å²) in [4.78, 5) is 11.9. The zero-order valence-corrected chi connectivity index (χ0v) is 10.3. The molecule has 0 fully saturated rings. The van der Waals surface area contributed by atoms with Gasteiger partial charge in [0.2, 0.25) is 0 Å². The van der Waals surface area contributed by atoms with E-state index in [1.165, 1.54) is 24.3 Å². The largest absolute Gasteiger partial charge is 0.457 e. The van der Waals surface area contributed by atoms with E-state index in [1.54, 1.807) is 0 Å². The van der Waals surface area contributed by atoms with E-state index >= 15 is 0 Å². The lowest BCUT2D eigenvalue weighted by atomic mass is 10.1. The summed E-state index contributed by atoms with van der Waals surface area (Å²) in [6, 6.07) is 13.6. The first-order valence-electron chi connectivity index (χ1n) is 5.84. The molecule has 2 aromatic rings. The second kappa shape index (κ2) is 5.96. The van der Waals surface area contributed by atoms with Crippen LogP contribution in [0.2, 0.25) is 0 Å². The second-order valence-corrected chi connectivity index (χ2v) is 3.97. The molecule has 0 bridgehead atoms. The normalized spacial score (nSPS) is 9.95. The van der Waals surface area contributed by atoms with Gasteiger partial charge in [-0.15, -0.1) is 0 Å². The van der Waals surface area contributed by atoms with Crippen LogP contribution in [0.25, 0.3) is 6.08 Å². The van der Waals surface area contributed by atoms with E-state index in [1.807, 2.05) is 30.3 Å². The molecule has 0 spiro atoms. The van der Waals surface area contributed by atoms with Gasteiger partial charge in [-0.2, -0.15) is 0 Å². The van der Waals surface area contributed by atoms with Crippen LogP contribution in [0.1, 0.15) is 21.5 Å². The first-order valence-corrected chi connectivity index (χ1v) is 5.84. The maximum atomic E-state index is 13.5. The van der Waals surface area contributed by atoms with Gasteiger partial charge in [0.05, 0.1) is 5.56 Å². The van der Waals surface area contributed by atoms with Crippen LogP contribution in [0.4, 0.5) is 4.39 Å². The fourth-order valence-corrected chi connectivity index (χ4v) is 1.72. The molecule has 0 saturated heterocycles. The summed E-state index contributed by atoms with van der Waals surface area (Å²) in [5, 5.41) is 0. The third-order valence-electron chi connectivity index (χ3n) is 2.69. The third-order valence-corrected chi connectivity index (χ3v) is 2.69. The molecule has 0 atom stereocenters. The summed E-state index contributed by atoms with van der Waals surface area (Å²) in [7, 11) is 0. The summed E-state index contributed by atoms with van der Waals surface area (Å²) in [6.07, 6.45) is 1.31. The monoisotopic (exact) mass is 256 g/mol. The number of rotatable bonds is 4. The molecule has 0 unspecified atom stereocenters. The Labute approximate surface area is 111 Å². The molecule has 0 aliphatic heterocycles. The van der Waals surface area contributed by atoms with Crippen molar-refractivity contribution in [2.45, 2.75) is 6.61 Å². The van der Waals surface area contributed by atoms with E-state index in [9.17, 15) is 9.18 Å². The van der Waals surface area contributed by atoms with Gasteiger partial charge in [-0.3, -0.25) is 0 Å². The van der Waals surface area contributed by atoms with Crippen LogP contribution in [0.3, 0.4) is 0 Å². The van der Waals surface area contributed by atoms with Crippen molar-refractivity contribution in [3.63, 3.8) is 0 Å². The van der Waals surface area contributed by atoms with Crippen molar-refractivity contribution < 1.29 is 13.9 Å². The molecule has 96 valence electrons. The van der Waals surface area contributed by atoms with Gasteiger partial charge in [0, 0.05) is 5.56 Å². The van der Waals surface area contributed by atoms with E-state index in [2.05, 4.69) is 6.58 Å². The predicted octanol–water partition coefficient (Wildman–Crippen LogP) is 3.83. The van der Waals surface area contributed by atoms with Crippen LogP contribution < -0.4 is 0 Å². The Bertz CT molecular complexity index is 591. The fourth-order valence-electron chi connectivity index (χ4n) is 1.72. The van der Waals surface area contributed by atoms with Crippen LogP contribution >= 0.6 is 0 Å². The van der Waals surface area contributed by atoms with Crippen molar-refractivity contribution in [2.24, 2.45) is 0 Å². The maximum Gasteiger partial charge on any atom is 0.339 e. The highest BCUT2D eigenvalue weighted by Crippen LogP contribution is 2.16. The number of carbonyl (C=O) groups excluding carboxylic acids is 1. The van der Waals surface area contributed by atoms with Gasteiger partial charge in [0.1, 0.15) is 12.4 Å². The molecule has 0 N–H and O–H groups in total. The van der Waals surface area contributed by atoms with E-state index in [-0.39, 0.29) is 17.7 Å². The first-order chi connectivity index (χ1) is 9.22. The minimum atomic E-state index is -0.557. The summed E-state index contributed by atoms with van der Waals surface area (Å²) in [5.41, 5.74) is 1.24. The lowest BCUT2D eigenvalue weighted by Gasteiger charge is -2.08. The highest BCUT2D eigenvalue weighted by Gasteiger charge is 2.14. The summed E-state index contributed by atoms with van der Waals surface area (Å²) in [6.45, 7) is 3.66. The molecule has 3 heteroatoms. The number of hydrogen-bond donors (Lipinski definition) is 0. The van der Waals surface area contributed by atoms with E-state index in [0.717, 1.165) is 5.56 Å². The number of ether oxygens (including phenoxy) is 1. The van der Waals surface area contributed by atoms with Gasteiger partial charge in [-0.05, 0) is 17.7 Å². The van der Waals surface area contributed by atoms with Gasteiger partial charge in [-0.1, -0.05) is 49.1 Å². The van der Waals surface area contributed by atoms with Gasteiger partial charge < -0.3 is 4.74 Å². The molecule has 19 heavy (non-hydrogen) atoms. The molecular weight excluding hydrogens is 243 g/mol. The Kier molecular flexibility index (Phi) is 4.08. The van der Waals surface area contributed by atoms with Gasteiger partial charge in [-0.25, -0.2) is 9.18 Å². The number of esters is 1. The number of hydrogen-bond acceptors (Lipinski definition) is 2. The molecule has 0 aromatic heterocycles. The minimum absolute atomic E-state index is 0.159. The lowest BCUT2D eigenvalue weighted by molar-refractivity contribution is 0.0472. The molecule has 0 heterocycles. The molecule has 0 aliphatic carbocycles. The van der Waals surface area contributed by atoms with Crippen molar-refractivity contribution >= 4 is 12.0 Å². The van der Waals surface area contributed by atoms with Gasteiger partial charge >= 0.3 is 5.97 Å². The van der Waals surface area contributed by atoms with Crippen molar-refractivity contribution in [1.82, 2.24) is 0 Å². The van der Waals surface area contributed by atoms with Crippen LogP contribution in [-0.4, -0.2) is 5.97 Å². The predicted molar refractivity (Wildman–Crippen MR) is 72.1 cm³/mol. The molecule has 2 aromatic carbocycles. The van der Waals surface area contributed by atoms with E-state index in [4.69, 9.17) is 4.74 Å². The van der Waals surface area contributed by atoms with Crippen LogP contribution in [-0.2, 0) is 11.3 Å². The van der Waals surface area contributed by atoms with Crippen molar-refractivity contribution in [1.29, 1.82) is 0 Å². The number of carbonyl (C=O) groups is 1. The van der Waals surface area contributed by atoms with Crippen LogP contribution in [0.5, 0.6) is 0 Å².